The highest BCUT2D eigenvalue weighted by molar-refractivity contribution is 5.98. The Bertz CT molecular complexity index is 520. The van der Waals surface area contributed by atoms with Crippen LogP contribution in [-0.4, -0.2) is 20.8 Å². The summed E-state index contributed by atoms with van der Waals surface area (Å²) < 4.78 is 1.60. The standard InChI is InChI=1S/C11H13N5O/c1-8-7-10(16(2)15-8)14-11(17)13-9-5-3-4-6-12-9/h3-7H,1-2H3,(H2,12,13,14,17). The van der Waals surface area contributed by atoms with Gasteiger partial charge in [-0.3, -0.25) is 15.3 Å². The molecule has 6 nitrogen and oxygen atoms in total. The third-order valence-electron chi connectivity index (χ3n) is 2.15. The highest BCUT2D eigenvalue weighted by atomic mass is 16.2. The van der Waals surface area contributed by atoms with Crippen molar-refractivity contribution in [2.45, 2.75) is 6.92 Å². The van der Waals surface area contributed by atoms with E-state index in [9.17, 15) is 4.79 Å². The molecule has 0 unspecified atom stereocenters. The highest BCUT2D eigenvalue weighted by Gasteiger charge is 2.06. The number of aromatic nitrogens is 3. The van der Waals surface area contributed by atoms with Gasteiger partial charge in [-0.2, -0.15) is 5.10 Å². The summed E-state index contributed by atoms with van der Waals surface area (Å²) in [4.78, 5) is 15.6. The second-order valence-electron chi connectivity index (χ2n) is 3.59. The number of hydrogen-bond acceptors (Lipinski definition) is 3. The summed E-state index contributed by atoms with van der Waals surface area (Å²) in [6, 6.07) is 6.75. The molecule has 2 heterocycles. The fourth-order valence-electron chi connectivity index (χ4n) is 1.43. The first-order chi connectivity index (χ1) is 8.15. The van der Waals surface area contributed by atoms with E-state index in [1.54, 1.807) is 42.2 Å². The van der Waals surface area contributed by atoms with Crippen LogP contribution in [0.5, 0.6) is 0 Å². The maximum Gasteiger partial charge on any atom is 0.326 e. The van der Waals surface area contributed by atoms with Crippen LogP contribution in [0.15, 0.2) is 30.5 Å². The van der Waals surface area contributed by atoms with Gasteiger partial charge in [-0.15, -0.1) is 0 Å². The lowest BCUT2D eigenvalue weighted by molar-refractivity contribution is 0.262. The summed E-state index contributed by atoms with van der Waals surface area (Å²) in [5.41, 5.74) is 0.848. The number of nitrogens with zero attached hydrogens (tertiary/aromatic N) is 3. The number of hydrogen-bond donors (Lipinski definition) is 2. The fourth-order valence-corrected chi connectivity index (χ4v) is 1.43. The number of rotatable bonds is 2. The topological polar surface area (TPSA) is 71.8 Å². The maximum atomic E-state index is 11.6. The van der Waals surface area contributed by atoms with E-state index in [-0.39, 0.29) is 6.03 Å². The minimum Gasteiger partial charge on any atom is -0.292 e. The van der Waals surface area contributed by atoms with E-state index in [2.05, 4.69) is 20.7 Å². The van der Waals surface area contributed by atoms with Crippen molar-refractivity contribution in [3.63, 3.8) is 0 Å². The summed E-state index contributed by atoms with van der Waals surface area (Å²) in [6.45, 7) is 1.86. The number of carbonyl (C=O) groups is 1. The molecule has 0 saturated heterocycles. The molecule has 0 aliphatic carbocycles. The molecule has 0 aliphatic heterocycles. The summed E-state index contributed by atoms with van der Waals surface area (Å²) in [5.74, 6) is 1.14. The second kappa shape index (κ2) is 4.65. The molecule has 2 N–H and O–H groups in total. The van der Waals surface area contributed by atoms with Crippen LogP contribution >= 0.6 is 0 Å². The molecule has 0 aromatic carbocycles. The number of nitrogens with one attached hydrogen (secondary N) is 2. The van der Waals surface area contributed by atoms with Gasteiger partial charge >= 0.3 is 6.03 Å². The molecule has 0 atom stereocenters. The van der Waals surface area contributed by atoms with Crippen LogP contribution in [0.2, 0.25) is 0 Å². The van der Waals surface area contributed by atoms with Crippen molar-refractivity contribution in [2.24, 2.45) is 7.05 Å². The molecule has 0 spiro atoms. The zero-order chi connectivity index (χ0) is 12.3. The van der Waals surface area contributed by atoms with Gasteiger partial charge in [0.1, 0.15) is 11.6 Å². The minimum atomic E-state index is -0.341. The number of amides is 2. The Morgan fingerprint density at radius 1 is 1.35 bits per heavy atom. The van der Waals surface area contributed by atoms with Crippen molar-refractivity contribution >= 4 is 17.7 Å². The summed E-state index contributed by atoms with van der Waals surface area (Å²) in [6.07, 6.45) is 1.61. The summed E-state index contributed by atoms with van der Waals surface area (Å²) >= 11 is 0. The van der Waals surface area contributed by atoms with E-state index in [0.29, 0.717) is 11.6 Å². The van der Waals surface area contributed by atoms with Gasteiger partial charge in [0, 0.05) is 19.3 Å². The van der Waals surface area contributed by atoms with Crippen molar-refractivity contribution in [3.05, 3.63) is 36.2 Å². The van der Waals surface area contributed by atoms with Crippen molar-refractivity contribution in [3.8, 4) is 0 Å². The lowest BCUT2D eigenvalue weighted by Gasteiger charge is -2.06. The first-order valence-electron chi connectivity index (χ1n) is 5.15. The van der Waals surface area contributed by atoms with Gasteiger partial charge in [0.25, 0.3) is 0 Å². The fraction of sp³-hybridized carbons (Fsp3) is 0.182. The molecule has 88 valence electrons. The Labute approximate surface area is 98.7 Å². The van der Waals surface area contributed by atoms with Crippen molar-refractivity contribution in [1.29, 1.82) is 0 Å². The quantitative estimate of drug-likeness (QED) is 0.827. The average Bonchev–Trinajstić information content (AvgIpc) is 2.58. The Morgan fingerprint density at radius 3 is 2.76 bits per heavy atom. The lowest BCUT2D eigenvalue weighted by Crippen LogP contribution is -2.21. The molecule has 2 aromatic heterocycles. The maximum absolute atomic E-state index is 11.6. The van der Waals surface area contributed by atoms with Gasteiger partial charge in [-0.05, 0) is 19.1 Å². The van der Waals surface area contributed by atoms with E-state index >= 15 is 0 Å². The predicted octanol–water partition coefficient (Wildman–Crippen LogP) is 1.77. The third-order valence-corrected chi connectivity index (χ3v) is 2.15. The van der Waals surface area contributed by atoms with Crippen LogP contribution in [0.3, 0.4) is 0 Å². The molecule has 0 radical (unpaired) electrons. The second-order valence-corrected chi connectivity index (χ2v) is 3.59. The molecule has 0 bridgehead atoms. The SMILES string of the molecule is Cc1cc(NC(=O)Nc2ccccn2)n(C)n1. The van der Waals surface area contributed by atoms with E-state index in [0.717, 1.165) is 5.69 Å². The van der Waals surface area contributed by atoms with Crippen molar-refractivity contribution in [1.82, 2.24) is 14.8 Å². The van der Waals surface area contributed by atoms with Crippen LogP contribution in [-0.2, 0) is 7.05 Å². The molecule has 2 amide bonds. The van der Waals surface area contributed by atoms with Gasteiger partial charge in [0.2, 0.25) is 0 Å². The average molecular weight is 231 g/mol. The zero-order valence-electron chi connectivity index (χ0n) is 9.64. The molecule has 2 rings (SSSR count). The number of carbonyl (C=O) groups excluding carboxylic acids is 1. The monoisotopic (exact) mass is 231 g/mol. The first-order valence-corrected chi connectivity index (χ1v) is 5.15. The van der Waals surface area contributed by atoms with Crippen LogP contribution in [0.25, 0.3) is 0 Å². The number of anilines is 2. The van der Waals surface area contributed by atoms with E-state index in [4.69, 9.17) is 0 Å². The Balaban J connectivity index is 2.01. The lowest BCUT2D eigenvalue weighted by atomic mass is 10.4. The van der Waals surface area contributed by atoms with Gasteiger partial charge in [0.15, 0.2) is 0 Å². The normalized spacial score (nSPS) is 10.0. The summed E-state index contributed by atoms with van der Waals surface area (Å²) in [5, 5.41) is 9.44. The van der Waals surface area contributed by atoms with Crippen molar-refractivity contribution in [2.75, 3.05) is 10.6 Å². The smallest absolute Gasteiger partial charge is 0.292 e. The molecule has 17 heavy (non-hydrogen) atoms. The van der Waals surface area contributed by atoms with Crippen LogP contribution in [0.1, 0.15) is 5.69 Å². The Hall–Kier alpha value is -2.37. The Morgan fingerprint density at radius 2 is 2.18 bits per heavy atom. The molecular weight excluding hydrogens is 218 g/mol. The molecule has 6 heteroatoms. The van der Waals surface area contributed by atoms with Gasteiger partial charge in [-0.25, -0.2) is 9.78 Å². The van der Waals surface area contributed by atoms with Gasteiger partial charge in [-0.1, -0.05) is 6.07 Å². The van der Waals surface area contributed by atoms with Gasteiger partial charge < -0.3 is 0 Å². The minimum absolute atomic E-state index is 0.341. The molecule has 0 saturated carbocycles. The molecule has 0 aliphatic rings. The number of aryl methyl sites for hydroxylation is 2. The molecular formula is C11H13N5O. The first kappa shape index (κ1) is 11.1. The third kappa shape index (κ3) is 2.81. The largest absolute Gasteiger partial charge is 0.326 e. The van der Waals surface area contributed by atoms with E-state index in [1.165, 1.54) is 0 Å². The number of pyridine rings is 1. The summed E-state index contributed by atoms with van der Waals surface area (Å²) in [7, 11) is 1.77. The van der Waals surface area contributed by atoms with E-state index < -0.39 is 0 Å². The zero-order valence-corrected chi connectivity index (χ0v) is 9.64. The Kier molecular flexibility index (Phi) is 3.04. The van der Waals surface area contributed by atoms with E-state index in [1.807, 2.05) is 6.92 Å². The highest BCUT2D eigenvalue weighted by Crippen LogP contribution is 2.08. The molecule has 2 aromatic rings. The van der Waals surface area contributed by atoms with Crippen LogP contribution < -0.4 is 10.6 Å². The van der Waals surface area contributed by atoms with Crippen LogP contribution in [0.4, 0.5) is 16.4 Å². The van der Waals surface area contributed by atoms with Gasteiger partial charge in [0.05, 0.1) is 5.69 Å². The molecule has 0 fully saturated rings. The van der Waals surface area contributed by atoms with Crippen LogP contribution in [0, 0.1) is 6.92 Å². The van der Waals surface area contributed by atoms with Crippen molar-refractivity contribution < 1.29 is 4.79 Å². The number of urea groups is 1. The predicted molar refractivity (Wildman–Crippen MR) is 64.8 cm³/mol.